The number of nitrogens with zero attached hydrogens (tertiary/aromatic N) is 4. The van der Waals surface area contributed by atoms with Crippen LogP contribution in [0.2, 0.25) is 0 Å². The number of benzene rings is 1. The number of hydrogen-bond acceptors (Lipinski definition) is 4. The number of guanidine groups is 1. The molecule has 2 heterocycles. The Labute approximate surface area is 174 Å². The average molecular weight is 402 g/mol. The van der Waals surface area contributed by atoms with Crippen molar-refractivity contribution >= 4 is 11.9 Å². The zero-order chi connectivity index (χ0) is 20.6. The summed E-state index contributed by atoms with van der Waals surface area (Å²) >= 11 is 0. The molecule has 0 radical (unpaired) electrons. The Hall–Kier alpha value is -2.28. The van der Waals surface area contributed by atoms with Crippen LogP contribution in [0.3, 0.4) is 0 Å². The summed E-state index contributed by atoms with van der Waals surface area (Å²) in [6, 6.07) is 8.06. The third-order valence-corrected chi connectivity index (χ3v) is 5.86. The zero-order valence-electron chi connectivity index (χ0n) is 18.1. The van der Waals surface area contributed by atoms with Crippen LogP contribution in [0.25, 0.3) is 0 Å². The average Bonchev–Trinajstić information content (AvgIpc) is 3.30. The number of aliphatic imine (C=N–C) groups is 1. The molecule has 0 saturated carbocycles. The number of nitrogens with one attached hydrogen (secondary N) is 1. The molecular weight excluding hydrogens is 366 g/mol. The molecule has 2 saturated heterocycles. The Morgan fingerprint density at radius 1 is 1.10 bits per heavy atom. The predicted octanol–water partition coefficient (Wildman–Crippen LogP) is 1.79. The molecule has 0 aliphatic carbocycles. The van der Waals surface area contributed by atoms with Crippen LogP contribution in [0.4, 0.5) is 0 Å². The standard InChI is InChI=1S/C22H35N5O2/c1-4-29-20-10-6-5-9-19(20)17-24-22(23-3)27-15-13-25(14-16-27)18(2)21(28)26-11-7-8-12-26/h5-6,9-10,18H,4,7-8,11-17H2,1-3H3,(H,23,24). The highest BCUT2D eigenvalue weighted by Crippen LogP contribution is 2.18. The van der Waals surface area contributed by atoms with Crippen LogP contribution in [-0.2, 0) is 11.3 Å². The minimum absolute atomic E-state index is 0.0386. The lowest BCUT2D eigenvalue weighted by atomic mass is 10.2. The van der Waals surface area contributed by atoms with Gasteiger partial charge in [-0.1, -0.05) is 18.2 Å². The maximum absolute atomic E-state index is 12.7. The van der Waals surface area contributed by atoms with Crippen LogP contribution >= 0.6 is 0 Å². The third kappa shape index (κ3) is 5.41. The van der Waals surface area contributed by atoms with Gasteiger partial charge in [-0.05, 0) is 32.8 Å². The molecule has 1 unspecified atom stereocenters. The first-order valence-corrected chi connectivity index (χ1v) is 10.8. The molecule has 1 N–H and O–H groups in total. The van der Waals surface area contributed by atoms with Gasteiger partial charge >= 0.3 is 0 Å². The van der Waals surface area contributed by atoms with Gasteiger partial charge in [-0.2, -0.15) is 0 Å². The summed E-state index contributed by atoms with van der Waals surface area (Å²) in [5, 5.41) is 3.47. The van der Waals surface area contributed by atoms with Crippen LogP contribution in [0, 0.1) is 0 Å². The summed E-state index contributed by atoms with van der Waals surface area (Å²) in [7, 11) is 1.82. The van der Waals surface area contributed by atoms with E-state index in [1.807, 2.05) is 44.0 Å². The first-order chi connectivity index (χ1) is 14.1. The Bertz CT molecular complexity index is 694. The number of hydrogen-bond donors (Lipinski definition) is 1. The van der Waals surface area contributed by atoms with E-state index in [1.54, 1.807) is 0 Å². The SMILES string of the molecule is CCOc1ccccc1CNC(=NC)N1CCN(C(C)C(=O)N2CCCC2)CC1. The van der Waals surface area contributed by atoms with Gasteiger partial charge in [-0.3, -0.25) is 14.7 Å². The van der Waals surface area contributed by atoms with Crippen molar-refractivity contribution in [2.75, 3.05) is 52.9 Å². The van der Waals surface area contributed by atoms with Crippen LogP contribution < -0.4 is 10.1 Å². The number of likely N-dealkylation sites (tertiary alicyclic amines) is 1. The molecule has 2 fully saturated rings. The molecule has 1 aromatic rings. The van der Waals surface area contributed by atoms with E-state index in [0.717, 1.165) is 69.4 Å². The van der Waals surface area contributed by atoms with Gasteiger partial charge in [0.2, 0.25) is 5.91 Å². The van der Waals surface area contributed by atoms with Crippen molar-refractivity contribution in [1.29, 1.82) is 0 Å². The van der Waals surface area contributed by atoms with Crippen molar-refractivity contribution in [2.45, 2.75) is 39.3 Å². The molecular formula is C22H35N5O2. The molecule has 0 bridgehead atoms. The molecule has 7 heteroatoms. The molecule has 29 heavy (non-hydrogen) atoms. The highest BCUT2D eigenvalue weighted by Gasteiger charge is 2.30. The molecule has 0 spiro atoms. The summed E-state index contributed by atoms with van der Waals surface area (Å²) in [5.41, 5.74) is 1.12. The molecule has 1 atom stereocenters. The smallest absolute Gasteiger partial charge is 0.239 e. The Morgan fingerprint density at radius 2 is 1.79 bits per heavy atom. The van der Waals surface area contributed by atoms with Crippen LogP contribution in [0.15, 0.2) is 29.3 Å². The van der Waals surface area contributed by atoms with Gasteiger partial charge in [0, 0.05) is 58.4 Å². The van der Waals surface area contributed by atoms with Crippen LogP contribution in [0.1, 0.15) is 32.3 Å². The van der Waals surface area contributed by atoms with E-state index in [4.69, 9.17) is 4.74 Å². The quantitative estimate of drug-likeness (QED) is 0.582. The van der Waals surface area contributed by atoms with Gasteiger partial charge in [-0.15, -0.1) is 0 Å². The van der Waals surface area contributed by atoms with E-state index in [2.05, 4.69) is 26.2 Å². The van der Waals surface area contributed by atoms with E-state index in [9.17, 15) is 4.79 Å². The highest BCUT2D eigenvalue weighted by atomic mass is 16.5. The number of amides is 1. The lowest BCUT2D eigenvalue weighted by Crippen LogP contribution is -2.57. The number of carbonyl (C=O) groups is 1. The Kier molecular flexibility index (Phi) is 7.75. The fourth-order valence-electron chi connectivity index (χ4n) is 4.13. The van der Waals surface area contributed by atoms with Gasteiger partial charge in [0.05, 0.1) is 12.6 Å². The summed E-state index contributed by atoms with van der Waals surface area (Å²) in [4.78, 5) is 23.7. The monoisotopic (exact) mass is 401 g/mol. The van der Waals surface area contributed by atoms with E-state index in [-0.39, 0.29) is 11.9 Å². The molecule has 2 aliphatic rings. The minimum Gasteiger partial charge on any atom is -0.494 e. The van der Waals surface area contributed by atoms with E-state index in [1.165, 1.54) is 0 Å². The van der Waals surface area contributed by atoms with Crippen molar-refractivity contribution in [2.24, 2.45) is 4.99 Å². The second kappa shape index (κ2) is 10.5. The summed E-state index contributed by atoms with van der Waals surface area (Å²) in [6.45, 7) is 10.7. The van der Waals surface area contributed by atoms with Crippen LogP contribution in [-0.4, -0.2) is 85.5 Å². The van der Waals surface area contributed by atoms with Gasteiger partial charge in [0.1, 0.15) is 5.75 Å². The largest absolute Gasteiger partial charge is 0.494 e. The Balaban J connectivity index is 1.50. The number of para-hydroxylation sites is 1. The first-order valence-electron chi connectivity index (χ1n) is 10.8. The molecule has 0 aromatic heterocycles. The van der Waals surface area contributed by atoms with Gasteiger partial charge in [-0.25, -0.2) is 0 Å². The van der Waals surface area contributed by atoms with Gasteiger partial charge < -0.3 is 19.9 Å². The number of carbonyl (C=O) groups excluding carboxylic acids is 1. The van der Waals surface area contributed by atoms with E-state index >= 15 is 0 Å². The van der Waals surface area contributed by atoms with E-state index < -0.39 is 0 Å². The summed E-state index contributed by atoms with van der Waals surface area (Å²) < 4.78 is 5.72. The number of piperazine rings is 1. The van der Waals surface area contributed by atoms with Crippen molar-refractivity contribution in [3.8, 4) is 5.75 Å². The van der Waals surface area contributed by atoms with Crippen molar-refractivity contribution in [3.63, 3.8) is 0 Å². The van der Waals surface area contributed by atoms with Crippen molar-refractivity contribution in [1.82, 2.24) is 20.0 Å². The van der Waals surface area contributed by atoms with Crippen molar-refractivity contribution in [3.05, 3.63) is 29.8 Å². The van der Waals surface area contributed by atoms with Gasteiger partial charge in [0.25, 0.3) is 0 Å². The Morgan fingerprint density at radius 3 is 2.45 bits per heavy atom. The fourth-order valence-corrected chi connectivity index (χ4v) is 4.13. The topological polar surface area (TPSA) is 60.4 Å². The van der Waals surface area contributed by atoms with Crippen LogP contribution in [0.5, 0.6) is 5.75 Å². The molecule has 1 amide bonds. The zero-order valence-corrected chi connectivity index (χ0v) is 18.1. The number of ether oxygens (including phenoxy) is 1. The maximum Gasteiger partial charge on any atom is 0.239 e. The lowest BCUT2D eigenvalue weighted by molar-refractivity contribution is -0.135. The fraction of sp³-hybridized carbons (Fsp3) is 0.636. The maximum atomic E-state index is 12.7. The third-order valence-electron chi connectivity index (χ3n) is 5.86. The molecule has 3 rings (SSSR count). The van der Waals surface area contributed by atoms with Gasteiger partial charge in [0.15, 0.2) is 5.96 Å². The second-order valence-corrected chi connectivity index (χ2v) is 7.67. The summed E-state index contributed by atoms with van der Waals surface area (Å²) in [5.74, 6) is 2.09. The van der Waals surface area contributed by atoms with Crippen molar-refractivity contribution < 1.29 is 9.53 Å². The minimum atomic E-state index is -0.0386. The molecule has 2 aliphatic heterocycles. The lowest BCUT2D eigenvalue weighted by Gasteiger charge is -2.39. The predicted molar refractivity (Wildman–Crippen MR) is 116 cm³/mol. The second-order valence-electron chi connectivity index (χ2n) is 7.67. The first kappa shape index (κ1) is 21.4. The van der Waals surface area contributed by atoms with E-state index in [0.29, 0.717) is 13.2 Å². The molecule has 160 valence electrons. The normalized spacial score (nSPS) is 19.3. The molecule has 1 aromatic carbocycles. The molecule has 7 nitrogen and oxygen atoms in total. The summed E-state index contributed by atoms with van der Waals surface area (Å²) in [6.07, 6.45) is 2.28. The number of rotatable bonds is 6. The highest BCUT2D eigenvalue weighted by molar-refractivity contribution is 5.82.